The third kappa shape index (κ3) is 4.63. The Morgan fingerprint density at radius 1 is 1.03 bits per heavy atom. The minimum atomic E-state index is -0.262. The Hall–Kier alpha value is -2.53. The summed E-state index contributed by atoms with van der Waals surface area (Å²) in [7, 11) is 0. The molecule has 1 unspecified atom stereocenters. The van der Waals surface area contributed by atoms with Crippen LogP contribution in [0.2, 0.25) is 0 Å². The van der Waals surface area contributed by atoms with Gasteiger partial charge in [0, 0.05) is 6.54 Å². The highest BCUT2D eigenvalue weighted by molar-refractivity contribution is 5.70. The van der Waals surface area contributed by atoms with Crippen LogP contribution < -0.4 is 10.1 Å². The summed E-state index contributed by atoms with van der Waals surface area (Å²) in [5.41, 5.74) is 4.87. The number of carbonyl (C=O) groups excluding carboxylic acids is 1. The quantitative estimate of drug-likeness (QED) is 0.690. The molecule has 6 rings (SSSR count). The van der Waals surface area contributed by atoms with Crippen LogP contribution >= 0.6 is 0 Å². The molecule has 0 spiro atoms. The predicted molar refractivity (Wildman–Crippen MR) is 126 cm³/mol. The molecule has 4 aliphatic rings. The van der Waals surface area contributed by atoms with E-state index in [1.807, 2.05) is 26.0 Å². The lowest BCUT2D eigenvalue weighted by Gasteiger charge is -2.44. The summed E-state index contributed by atoms with van der Waals surface area (Å²) < 4.78 is 11.7. The van der Waals surface area contributed by atoms with Gasteiger partial charge >= 0.3 is 6.09 Å². The van der Waals surface area contributed by atoms with Crippen molar-refractivity contribution in [2.75, 3.05) is 19.6 Å². The first-order chi connectivity index (χ1) is 15.5. The van der Waals surface area contributed by atoms with Gasteiger partial charge in [0.15, 0.2) is 0 Å². The Morgan fingerprint density at radius 2 is 1.78 bits per heavy atom. The number of alkyl carbamates (subject to hydrolysis) is 1. The van der Waals surface area contributed by atoms with Crippen LogP contribution in [0.3, 0.4) is 0 Å². The zero-order valence-corrected chi connectivity index (χ0v) is 19.2. The number of aryl methyl sites for hydroxylation is 1. The Balaban J connectivity index is 1.29. The molecule has 1 amide bonds. The van der Waals surface area contributed by atoms with Crippen molar-refractivity contribution in [1.82, 2.24) is 10.2 Å². The highest BCUT2D eigenvalue weighted by Gasteiger charge is 2.37. The Kier molecular flexibility index (Phi) is 6.09. The molecule has 0 radical (unpaired) electrons. The molecule has 3 aliphatic heterocycles. The third-order valence-electron chi connectivity index (χ3n) is 7.17. The molecule has 3 fully saturated rings. The molecular weight excluding hydrogens is 400 g/mol. The number of ether oxygens (including phenoxy) is 2. The van der Waals surface area contributed by atoms with E-state index in [1.165, 1.54) is 16.7 Å². The van der Waals surface area contributed by atoms with E-state index in [9.17, 15) is 4.79 Å². The predicted octanol–water partition coefficient (Wildman–Crippen LogP) is 5.34. The summed E-state index contributed by atoms with van der Waals surface area (Å²) in [6.07, 6.45) is 5.33. The average molecular weight is 435 g/mol. The standard InChI is InChI=1S/C27H34N2O3/c1-18(2)31-23-10-8-19(9-11-23)22-7-6-20-4-3-5-25(24(20)16-22)28-27(30)32-26-17-29-14-12-21(26)13-15-29/h6-11,16,18,21,25-26H,3-5,12-15,17H2,1-2H3,(H,28,30)/t25?,26-/m1/s1. The molecule has 2 bridgehead atoms. The Labute approximate surface area is 191 Å². The highest BCUT2D eigenvalue weighted by Crippen LogP contribution is 2.34. The smallest absolute Gasteiger partial charge is 0.407 e. The maximum Gasteiger partial charge on any atom is 0.407 e. The van der Waals surface area contributed by atoms with Gasteiger partial charge in [0.1, 0.15) is 11.9 Å². The zero-order valence-electron chi connectivity index (χ0n) is 19.2. The monoisotopic (exact) mass is 434 g/mol. The van der Waals surface area contributed by atoms with Crippen LogP contribution in [-0.2, 0) is 11.2 Å². The molecule has 1 N–H and O–H groups in total. The lowest BCUT2D eigenvalue weighted by molar-refractivity contribution is -0.0340. The van der Waals surface area contributed by atoms with Crippen LogP contribution in [0.1, 0.15) is 56.7 Å². The number of carbonyl (C=O) groups is 1. The van der Waals surface area contributed by atoms with E-state index in [-0.39, 0.29) is 24.3 Å². The molecule has 2 atom stereocenters. The van der Waals surface area contributed by atoms with Crippen molar-refractivity contribution in [1.29, 1.82) is 0 Å². The second-order valence-corrected chi connectivity index (χ2v) is 9.78. The number of piperidine rings is 3. The highest BCUT2D eigenvalue weighted by atomic mass is 16.6. The molecule has 5 nitrogen and oxygen atoms in total. The molecule has 170 valence electrons. The molecule has 32 heavy (non-hydrogen) atoms. The normalized spacial score (nSPS) is 26.5. The fourth-order valence-electron chi connectivity index (χ4n) is 5.48. The summed E-state index contributed by atoms with van der Waals surface area (Å²) >= 11 is 0. The SMILES string of the molecule is CC(C)Oc1ccc(-c2ccc3c(c2)C(NC(=O)O[C@@H]2CN4CCC2CC4)CCC3)cc1. The summed E-state index contributed by atoms with van der Waals surface area (Å²) in [4.78, 5) is 15.2. The van der Waals surface area contributed by atoms with Crippen molar-refractivity contribution < 1.29 is 14.3 Å². The van der Waals surface area contributed by atoms with Crippen molar-refractivity contribution in [3.63, 3.8) is 0 Å². The van der Waals surface area contributed by atoms with E-state index in [4.69, 9.17) is 9.47 Å². The van der Waals surface area contributed by atoms with E-state index < -0.39 is 0 Å². The molecule has 3 heterocycles. The van der Waals surface area contributed by atoms with Gasteiger partial charge < -0.3 is 14.8 Å². The number of hydrogen-bond acceptors (Lipinski definition) is 4. The van der Waals surface area contributed by atoms with Gasteiger partial charge in [0.05, 0.1) is 12.1 Å². The van der Waals surface area contributed by atoms with Crippen LogP contribution in [-0.4, -0.2) is 42.8 Å². The van der Waals surface area contributed by atoms with E-state index in [0.29, 0.717) is 5.92 Å². The zero-order chi connectivity index (χ0) is 22.1. The topological polar surface area (TPSA) is 50.8 Å². The van der Waals surface area contributed by atoms with Crippen LogP contribution in [0.25, 0.3) is 11.1 Å². The van der Waals surface area contributed by atoms with E-state index >= 15 is 0 Å². The number of amides is 1. The lowest BCUT2D eigenvalue weighted by atomic mass is 9.85. The first kappa shape index (κ1) is 21.3. The van der Waals surface area contributed by atoms with Gasteiger partial charge in [0.2, 0.25) is 0 Å². The molecule has 1 aliphatic carbocycles. The maximum absolute atomic E-state index is 12.8. The van der Waals surface area contributed by atoms with Crippen LogP contribution in [0, 0.1) is 5.92 Å². The number of hydrogen-bond donors (Lipinski definition) is 1. The van der Waals surface area contributed by atoms with Gasteiger partial charge in [-0.25, -0.2) is 4.79 Å². The van der Waals surface area contributed by atoms with Gasteiger partial charge in [-0.05, 0) is 105 Å². The largest absolute Gasteiger partial charge is 0.491 e. The van der Waals surface area contributed by atoms with Gasteiger partial charge in [0.25, 0.3) is 0 Å². The molecule has 2 aromatic carbocycles. The average Bonchev–Trinajstić information content (AvgIpc) is 2.80. The minimum absolute atomic E-state index is 0.0100. The number of fused-ring (bicyclic) bond motifs is 4. The molecule has 2 aromatic rings. The summed E-state index contributed by atoms with van der Waals surface area (Å²) in [6.45, 7) is 7.25. The van der Waals surface area contributed by atoms with Crippen LogP contribution in [0.15, 0.2) is 42.5 Å². The van der Waals surface area contributed by atoms with Crippen molar-refractivity contribution in [2.24, 2.45) is 5.92 Å². The summed E-state index contributed by atoms with van der Waals surface area (Å²) in [5.74, 6) is 1.41. The first-order valence-corrected chi connectivity index (χ1v) is 12.1. The van der Waals surface area contributed by atoms with Crippen molar-refractivity contribution in [3.8, 4) is 16.9 Å². The summed E-state index contributed by atoms with van der Waals surface area (Å²) in [6, 6.07) is 14.9. The van der Waals surface area contributed by atoms with Gasteiger partial charge in [-0.3, -0.25) is 4.90 Å². The van der Waals surface area contributed by atoms with E-state index in [1.54, 1.807) is 0 Å². The van der Waals surface area contributed by atoms with Gasteiger partial charge in [-0.1, -0.05) is 24.3 Å². The van der Waals surface area contributed by atoms with E-state index in [2.05, 4.69) is 40.5 Å². The van der Waals surface area contributed by atoms with Crippen LogP contribution in [0.5, 0.6) is 5.75 Å². The number of nitrogens with zero attached hydrogens (tertiary/aromatic N) is 1. The second kappa shape index (κ2) is 9.14. The molecule has 3 saturated heterocycles. The lowest BCUT2D eigenvalue weighted by Crippen LogP contribution is -2.52. The second-order valence-electron chi connectivity index (χ2n) is 9.78. The number of rotatable bonds is 5. The molecule has 0 aromatic heterocycles. The van der Waals surface area contributed by atoms with Gasteiger partial charge in [-0.15, -0.1) is 0 Å². The molecule has 5 heteroatoms. The Morgan fingerprint density at radius 3 is 2.47 bits per heavy atom. The maximum atomic E-state index is 12.8. The minimum Gasteiger partial charge on any atom is -0.491 e. The Bertz CT molecular complexity index is 948. The van der Waals surface area contributed by atoms with E-state index in [0.717, 1.165) is 63.1 Å². The molecular formula is C27H34N2O3. The number of nitrogens with one attached hydrogen (secondary N) is 1. The molecule has 0 saturated carbocycles. The van der Waals surface area contributed by atoms with Crippen molar-refractivity contribution in [2.45, 2.75) is 64.2 Å². The first-order valence-electron chi connectivity index (χ1n) is 12.1. The van der Waals surface area contributed by atoms with Crippen molar-refractivity contribution in [3.05, 3.63) is 53.6 Å². The fraction of sp³-hybridized carbons (Fsp3) is 0.519. The fourth-order valence-corrected chi connectivity index (χ4v) is 5.48. The number of benzene rings is 2. The van der Waals surface area contributed by atoms with Crippen LogP contribution in [0.4, 0.5) is 4.79 Å². The summed E-state index contributed by atoms with van der Waals surface area (Å²) in [5, 5.41) is 3.19. The third-order valence-corrected chi connectivity index (χ3v) is 7.17. The van der Waals surface area contributed by atoms with Gasteiger partial charge in [-0.2, -0.15) is 0 Å². The van der Waals surface area contributed by atoms with Crippen molar-refractivity contribution >= 4 is 6.09 Å².